The molecule has 2 aromatic carbocycles. The number of carbonyl (C=O) groups is 2. The van der Waals surface area contributed by atoms with E-state index in [1.165, 1.54) is 19.0 Å². The van der Waals surface area contributed by atoms with Crippen LogP contribution in [0.25, 0.3) is 33.8 Å². The largest absolute Gasteiger partial charge is 0.475 e. The van der Waals surface area contributed by atoms with E-state index in [1.807, 2.05) is 60.9 Å². The molecule has 0 fully saturated rings. The van der Waals surface area contributed by atoms with Gasteiger partial charge in [-0.25, -0.2) is 19.9 Å². The summed E-state index contributed by atoms with van der Waals surface area (Å²) >= 11 is 10.8. The number of alkyl halides is 1. The number of halogens is 2. The van der Waals surface area contributed by atoms with Crippen molar-refractivity contribution in [3.05, 3.63) is 102 Å². The van der Waals surface area contributed by atoms with E-state index in [0.29, 0.717) is 55.8 Å². The molecule has 2 aliphatic rings. The highest BCUT2D eigenvalue weighted by molar-refractivity contribution is 7.59. The standard InChI is InChI=1S/C18H13ClN6O3.C18H15N7O3.CH3Cl.CH4.H2S/c2*1-10-22-23-18(28-10)25-5-4-11-8-12(2-3-13(11)25)24-6-7-27-16-14(17(24)26)15(19)20-9-21-16;1-2;;/h2-5,8-9H,6-7H2,1H3;2-5,8-9H,6-7H2,1H3,(H2,19,20,21);1H3;1H4;1H2. The lowest BCUT2D eigenvalue weighted by atomic mass is 10.2. The van der Waals surface area contributed by atoms with Crippen molar-refractivity contribution < 1.29 is 27.9 Å². The summed E-state index contributed by atoms with van der Waals surface area (Å²) in [5.41, 5.74) is 9.44. The quantitative estimate of drug-likeness (QED) is 0.155. The van der Waals surface area contributed by atoms with Crippen LogP contribution < -0.4 is 25.0 Å². The number of aromatic nitrogens is 10. The van der Waals surface area contributed by atoms with Gasteiger partial charge in [-0.1, -0.05) is 29.2 Å². The molecule has 0 radical (unpaired) electrons. The molecule has 0 saturated heterocycles. The van der Waals surface area contributed by atoms with Crippen LogP contribution in [0.2, 0.25) is 5.15 Å². The maximum absolute atomic E-state index is 13.1. The number of nitrogens with two attached hydrogens (primary N) is 1. The lowest BCUT2D eigenvalue weighted by Crippen LogP contribution is -2.32. The fourth-order valence-electron chi connectivity index (χ4n) is 6.46. The summed E-state index contributed by atoms with van der Waals surface area (Å²) < 4.78 is 25.7. The summed E-state index contributed by atoms with van der Waals surface area (Å²) in [5.74, 6) is 0.885. The zero-order valence-electron chi connectivity index (χ0n) is 31.4. The topological polar surface area (TPSA) is 224 Å². The second kappa shape index (κ2) is 18.0. The SMILES string of the molecule is C.CCl.Cc1nnc(-n2ccc3cc(N4CCOc5ncnc(Cl)c5C4=O)ccc32)o1.Cc1nnc(-n2ccc3cc(N4CCOc5ncnc(N)c5C4=O)ccc32)o1.S. The maximum Gasteiger partial charge on any atom is 0.327 e. The second-order valence-electron chi connectivity index (χ2n) is 12.5. The van der Waals surface area contributed by atoms with Gasteiger partial charge in [-0.15, -0.1) is 21.8 Å². The Balaban J connectivity index is 0.000000187. The molecule has 310 valence electrons. The third-order valence-electron chi connectivity index (χ3n) is 9.05. The van der Waals surface area contributed by atoms with E-state index in [1.54, 1.807) is 32.8 Å². The number of aryl methyl sites for hydroxylation is 2. The van der Waals surface area contributed by atoms with Crippen molar-refractivity contribution >= 4 is 87.5 Å². The van der Waals surface area contributed by atoms with E-state index in [2.05, 4.69) is 51.9 Å². The second-order valence-corrected chi connectivity index (χ2v) is 12.8. The summed E-state index contributed by atoms with van der Waals surface area (Å²) in [6, 6.07) is 15.9. The predicted molar refractivity (Wildman–Crippen MR) is 228 cm³/mol. The summed E-state index contributed by atoms with van der Waals surface area (Å²) in [6.45, 7) is 4.80. The maximum atomic E-state index is 13.1. The first-order valence-corrected chi connectivity index (χ1v) is 18.6. The van der Waals surface area contributed by atoms with Crippen molar-refractivity contribution in [2.24, 2.45) is 0 Å². The first kappa shape index (κ1) is 42.8. The number of amides is 2. The van der Waals surface area contributed by atoms with E-state index >= 15 is 0 Å². The average Bonchev–Trinajstić information content (AvgIpc) is 4.01. The molecule has 8 aromatic rings. The number of benzene rings is 2. The van der Waals surface area contributed by atoms with Gasteiger partial charge in [0.25, 0.3) is 11.8 Å². The van der Waals surface area contributed by atoms with Crippen LogP contribution in [0.15, 0.2) is 82.4 Å². The summed E-state index contributed by atoms with van der Waals surface area (Å²) in [4.78, 5) is 45.2. The summed E-state index contributed by atoms with van der Waals surface area (Å²) in [5, 5.41) is 17.7. The van der Waals surface area contributed by atoms with Gasteiger partial charge in [-0.3, -0.25) is 18.7 Å². The number of hydrogen-bond donors (Lipinski definition) is 1. The molecule has 22 heteroatoms. The molecule has 0 unspecified atom stereocenters. The molecule has 10 rings (SSSR count). The van der Waals surface area contributed by atoms with Gasteiger partial charge in [-0.2, -0.15) is 13.5 Å². The van der Waals surface area contributed by atoms with E-state index in [0.717, 1.165) is 27.5 Å². The van der Waals surface area contributed by atoms with E-state index in [4.69, 9.17) is 35.6 Å². The normalized spacial score (nSPS) is 13.2. The minimum Gasteiger partial charge on any atom is -0.475 e. The van der Waals surface area contributed by atoms with Gasteiger partial charge >= 0.3 is 12.0 Å². The highest BCUT2D eigenvalue weighted by Crippen LogP contribution is 2.32. The molecule has 8 heterocycles. The Morgan fingerprint density at radius 3 is 1.60 bits per heavy atom. The molecular weight excluding hydrogens is 837 g/mol. The van der Waals surface area contributed by atoms with Crippen molar-refractivity contribution in [2.75, 3.05) is 48.2 Å². The average molecular weight is 875 g/mol. The van der Waals surface area contributed by atoms with Crippen molar-refractivity contribution in [1.82, 2.24) is 49.5 Å². The molecular formula is C38H37Cl2N13O6S. The smallest absolute Gasteiger partial charge is 0.327 e. The number of carbonyl (C=O) groups excluding carboxylic acids is 2. The molecule has 0 spiro atoms. The third-order valence-corrected chi connectivity index (χ3v) is 9.33. The number of rotatable bonds is 4. The highest BCUT2D eigenvalue weighted by atomic mass is 35.5. The van der Waals surface area contributed by atoms with Crippen LogP contribution in [0.3, 0.4) is 0 Å². The Bertz CT molecular complexity index is 2640. The molecule has 60 heavy (non-hydrogen) atoms. The Morgan fingerprint density at radius 1 is 0.650 bits per heavy atom. The molecule has 6 aromatic heterocycles. The van der Waals surface area contributed by atoms with E-state index in [-0.39, 0.29) is 66.6 Å². The first-order valence-electron chi connectivity index (χ1n) is 17.4. The van der Waals surface area contributed by atoms with Gasteiger partial charge < -0.3 is 33.8 Å². The summed E-state index contributed by atoms with van der Waals surface area (Å²) in [6.07, 6.45) is 7.72. The van der Waals surface area contributed by atoms with Crippen LogP contribution in [0.1, 0.15) is 39.9 Å². The zero-order valence-corrected chi connectivity index (χ0v) is 33.9. The molecule has 2 amide bonds. The third kappa shape index (κ3) is 7.98. The minimum atomic E-state index is -0.301. The van der Waals surface area contributed by atoms with Crippen LogP contribution >= 0.6 is 36.7 Å². The number of ether oxygens (including phenoxy) is 2. The molecule has 0 atom stereocenters. The fraction of sp³-hybridized carbons (Fsp3) is 0.211. The van der Waals surface area contributed by atoms with Crippen LogP contribution in [-0.2, 0) is 0 Å². The zero-order chi connectivity index (χ0) is 40.5. The molecule has 0 aliphatic carbocycles. The van der Waals surface area contributed by atoms with Gasteiger partial charge in [0.15, 0.2) is 0 Å². The van der Waals surface area contributed by atoms with Gasteiger partial charge in [-0.05, 0) is 48.5 Å². The monoisotopic (exact) mass is 873 g/mol. The number of fused-ring (bicyclic) bond motifs is 4. The Hall–Kier alpha value is -6.77. The lowest BCUT2D eigenvalue weighted by molar-refractivity contribution is 0.0982. The molecule has 0 saturated carbocycles. The van der Waals surface area contributed by atoms with Crippen LogP contribution in [0.4, 0.5) is 17.2 Å². The number of anilines is 3. The Kier molecular flexibility index (Phi) is 12.9. The molecule has 19 nitrogen and oxygen atoms in total. The fourth-order valence-corrected chi connectivity index (χ4v) is 6.67. The van der Waals surface area contributed by atoms with Gasteiger partial charge in [0.1, 0.15) is 48.0 Å². The lowest BCUT2D eigenvalue weighted by Gasteiger charge is -2.20. The van der Waals surface area contributed by atoms with Crippen molar-refractivity contribution in [1.29, 1.82) is 0 Å². The van der Waals surface area contributed by atoms with Crippen molar-refractivity contribution in [3.63, 3.8) is 0 Å². The molecule has 0 bridgehead atoms. The number of nitrogens with zero attached hydrogens (tertiary/aromatic N) is 12. The highest BCUT2D eigenvalue weighted by Gasteiger charge is 2.30. The van der Waals surface area contributed by atoms with Gasteiger partial charge in [0, 0.05) is 54.8 Å². The van der Waals surface area contributed by atoms with E-state index < -0.39 is 0 Å². The predicted octanol–water partition coefficient (Wildman–Crippen LogP) is 6.14. The Morgan fingerprint density at radius 2 is 1.12 bits per heavy atom. The molecule has 2 N–H and O–H groups in total. The van der Waals surface area contributed by atoms with Crippen LogP contribution in [0, 0.1) is 13.8 Å². The minimum absolute atomic E-state index is 0. The van der Waals surface area contributed by atoms with Crippen molar-refractivity contribution in [2.45, 2.75) is 21.3 Å². The van der Waals surface area contributed by atoms with Crippen molar-refractivity contribution in [3.8, 4) is 23.8 Å². The van der Waals surface area contributed by atoms with E-state index in [9.17, 15) is 9.59 Å². The van der Waals surface area contributed by atoms with Crippen LogP contribution in [0.5, 0.6) is 11.8 Å². The first-order chi connectivity index (χ1) is 28.2. The Labute approximate surface area is 358 Å². The van der Waals surface area contributed by atoms with Gasteiger partial charge in [0.05, 0.1) is 24.1 Å². The summed E-state index contributed by atoms with van der Waals surface area (Å²) in [7, 11) is 0. The van der Waals surface area contributed by atoms with Crippen LogP contribution in [-0.4, -0.2) is 94.0 Å². The number of nitrogen functional groups attached to an aromatic ring is 1. The number of hydrogen-bond acceptors (Lipinski definition) is 15. The molecule has 2 aliphatic heterocycles. The van der Waals surface area contributed by atoms with Gasteiger partial charge in [0.2, 0.25) is 23.5 Å².